The second kappa shape index (κ2) is 4.01. The van der Waals surface area contributed by atoms with Gasteiger partial charge < -0.3 is 15.3 Å². The Morgan fingerprint density at radius 2 is 2.28 bits per heavy atom. The number of carboxylic acid groups (broad SMARTS) is 1. The van der Waals surface area contributed by atoms with E-state index in [4.69, 9.17) is 5.11 Å². The average Bonchev–Trinajstić information content (AvgIpc) is 2.71. The Kier molecular flexibility index (Phi) is 2.47. The van der Waals surface area contributed by atoms with Gasteiger partial charge >= 0.3 is 5.97 Å². The van der Waals surface area contributed by atoms with Crippen molar-refractivity contribution in [3.05, 3.63) is 23.8 Å². The zero-order chi connectivity index (χ0) is 12.7. The monoisotopic (exact) mass is 246 g/mol. The van der Waals surface area contributed by atoms with E-state index in [-0.39, 0.29) is 17.5 Å². The normalized spacial score (nSPS) is 21.9. The number of rotatable bonds is 1. The fourth-order valence-corrected chi connectivity index (χ4v) is 2.80. The number of hydrogen-bond donors (Lipinski definition) is 2. The third-order valence-electron chi connectivity index (χ3n) is 3.63. The van der Waals surface area contributed by atoms with E-state index in [0.29, 0.717) is 12.1 Å². The topological polar surface area (TPSA) is 69.6 Å². The molecule has 5 heteroatoms. The number of nitrogens with one attached hydrogen (secondary N) is 1. The minimum atomic E-state index is -0.978. The van der Waals surface area contributed by atoms with Crippen LogP contribution in [0.4, 0.5) is 11.4 Å². The van der Waals surface area contributed by atoms with Crippen molar-refractivity contribution in [2.45, 2.75) is 25.3 Å². The molecule has 1 unspecified atom stereocenters. The van der Waals surface area contributed by atoms with Crippen molar-refractivity contribution in [2.24, 2.45) is 0 Å². The lowest BCUT2D eigenvalue weighted by Crippen LogP contribution is -2.29. The first kappa shape index (κ1) is 11.1. The number of benzene rings is 1. The summed E-state index contributed by atoms with van der Waals surface area (Å²) in [5.41, 5.74) is 1.75. The van der Waals surface area contributed by atoms with Gasteiger partial charge in [0.05, 0.1) is 16.9 Å². The summed E-state index contributed by atoms with van der Waals surface area (Å²) >= 11 is 0. The summed E-state index contributed by atoms with van der Waals surface area (Å²) in [6.45, 7) is 0.930. The predicted octanol–water partition coefficient (Wildman–Crippen LogP) is 1.70. The van der Waals surface area contributed by atoms with Crippen LogP contribution in [0.2, 0.25) is 0 Å². The first-order valence-corrected chi connectivity index (χ1v) is 6.09. The molecule has 0 bridgehead atoms. The van der Waals surface area contributed by atoms with Crippen molar-refractivity contribution >= 4 is 23.3 Å². The van der Waals surface area contributed by atoms with Gasteiger partial charge in [-0.3, -0.25) is 4.79 Å². The van der Waals surface area contributed by atoms with E-state index < -0.39 is 5.97 Å². The molecule has 2 aliphatic rings. The summed E-state index contributed by atoms with van der Waals surface area (Å²) in [6.07, 6.45) is 2.59. The number of carbonyl (C=O) groups is 2. The minimum absolute atomic E-state index is 0.0341. The second-order valence-corrected chi connectivity index (χ2v) is 4.78. The van der Waals surface area contributed by atoms with E-state index in [2.05, 4.69) is 10.2 Å². The maximum Gasteiger partial charge on any atom is 0.335 e. The highest BCUT2D eigenvalue weighted by Gasteiger charge is 2.31. The lowest BCUT2D eigenvalue weighted by Gasteiger charge is -2.24. The van der Waals surface area contributed by atoms with Gasteiger partial charge in [-0.15, -0.1) is 0 Å². The third-order valence-corrected chi connectivity index (χ3v) is 3.63. The summed E-state index contributed by atoms with van der Waals surface area (Å²) in [6, 6.07) is 5.18. The molecule has 3 rings (SSSR count). The molecule has 0 radical (unpaired) electrons. The highest BCUT2D eigenvalue weighted by molar-refractivity contribution is 5.99. The fourth-order valence-electron chi connectivity index (χ4n) is 2.80. The number of carboxylic acids is 1. The molecule has 0 aliphatic carbocycles. The molecule has 1 aromatic carbocycles. The van der Waals surface area contributed by atoms with E-state index in [0.717, 1.165) is 25.1 Å². The number of aromatic carboxylic acids is 1. The molecule has 1 fully saturated rings. The first-order valence-electron chi connectivity index (χ1n) is 6.09. The van der Waals surface area contributed by atoms with E-state index in [1.807, 2.05) is 0 Å². The van der Waals surface area contributed by atoms with Gasteiger partial charge in [0.1, 0.15) is 0 Å². The molecule has 1 saturated heterocycles. The zero-order valence-corrected chi connectivity index (χ0v) is 9.85. The molecule has 1 aromatic rings. The number of carbonyl (C=O) groups excluding carboxylic acids is 1. The number of fused-ring (bicyclic) bond motifs is 3. The molecule has 2 N–H and O–H groups in total. The Morgan fingerprint density at radius 3 is 3.06 bits per heavy atom. The smallest absolute Gasteiger partial charge is 0.335 e. The summed E-state index contributed by atoms with van der Waals surface area (Å²) in [5, 5.41) is 11.8. The summed E-state index contributed by atoms with van der Waals surface area (Å²) in [5.74, 6) is -1.01. The van der Waals surface area contributed by atoms with Crippen LogP contribution in [-0.2, 0) is 4.79 Å². The Bertz CT molecular complexity index is 527. The molecule has 2 aliphatic heterocycles. The van der Waals surface area contributed by atoms with Crippen molar-refractivity contribution in [1.82, 2.24) is 0 Å². The maximum absolute atomic E-state index is 11.8. The van der Waals surface area contributed by atoms with Crippen molar-refractivity contribution in [2.75, 3.05) is 16.8 Å². The first-order chi connectivity index (χ1) is 8.65. The van der Waals surface area contributed by atoms with Crippen molar-refractivity contribution in [3.63, 3.8) is 0 Å². The quantitative estimate of drug-likeness (QED) is 0.791. The van der Waals surface area contributed by atoms with Crippen LogP contribution < -0.4 is 10.2 Å². The molecule has 5 nitrogen and oxygen atoms in total. The predicted molar refractivity (Wildman–Crippen MR) is 67.0 cm³/mol. The SMILES string of the molecule is O=C1CC2CCCN2c2ccc(C(=O)O)cc2N1. The Hall–Kier alpha value is -2.04. The highest BCUT2D eigenvalue weighted by atomic mass is 16.4. The molecular formula is C13H14N2O3. The molecule has 0 saturated carbocycles. The second-order valence-electron chi connectivity index (χ2n) is 4.78. The molecule has 1 atom stereocenters. The lowest BCUT2D eigenvalue weighted by molar-refractivity contribution is -0.116. The van der Waals surface area contributed by atoms with E-state index in [9.17, 15) is 9.59 Å². The number of amides is 1. The van der Waals surface area contributed by atoms with Crippen LogP contribution in [-0.4, -0.2) is 29.6 Å². The van der Waals surface area contributed by atoms with Gasteiger partial charge in [-0.2, -0.15) is 0 Å². The van der Waals surface area contributed by atoms with Crippen molar-refractivity contribution in [1.29, 1.82) is 0 Å². The number of nitrogens with zero attached hydrogens (tertiary/aromatic N) is 1. The van der Waals surface area contributed by atoms with Crippen LogP contribution in [0.15, 0.2) is 18.2 Å². The van der Waals surface area contributed by atoms with Crippen molar-refractivity contribution in [3.8, 4) is 0 Å². The highest BCUT2D eigenvalue weighted by Crippen LogP contribution is 2.36. The maximum atomic E-state index is 11.8. The van der Waals surface area contributed by atoms with Crippen molar-refractivity contribution < 1.29 is 14.7 Å². The van der Waals surface area contributed by atoms with Crippen LogP contribution in [0.25, 0.3) is 0 Å². The van der Waals surface area contributed by atoms with Gasteiger partial charge in [-0.1, -0.05) is 0 Å². The Morgan fingerprint density at radius 1 is 1.44 bits per heavy atom. The van der Waals surface area contributed by atoms with Gasteiger partial charge in [0.15, 0.2) is 0 Å². The number of anilines is 2. The fraction of sp³-hybridized carbons (Fsp3) is 0.385. The minimum Gasteiger partial charge on any atom is -0.478 e. The zero-order valence-electron chi connectivity index (χ0n) is 9.85. The molecule has 0 aromatic heterocycles. The van der Waals surface area contributed by atoms with Gasteiger partial charge in [0.2, 0.25) is 5.91 Å². The van der Waals surface area contributed by atoms with Crippen LogP contribution in [0.1, 0.15) is 29.6 Å². The molecule has 2 heterocycles. The molecule has 18 heavy (non-hydrogen) atoms. The summed E-state index contributed by atoms with van der Waals surface area (Å²) < 4.78 is 0. The molecule has 1 amide bonds. The van der Waals surface area contributed by atoms with Gasteiger partial charge in [-0.25, -0.2) is 4.79 Å². The van der Waals surface area contributed by atoms with Gasteiger partial charge in [0.25, 0.3) is 0 Å². The van der Waals surface area contributed by atoms with Crippen LogP contribution in [0, 0.1) is 0 Å². The third kappa shape index (κ3) is 1.72. The lowest BCUT2D eigenvalue weighted by atomic mass is 10.1. The summed E-state index contributed by atoms with van der Waals surface area (Å²) in [7, 11) is 0. The van der Waals surface area contributed by atoms with E-state index >= 15 is 0 Å². The van der Waals surface area contributed by atoms with E-state index in [1.54, 1.807) is 12.1 Å². The largest absolute Gasteiger partial charge is 0.478 e. The average molecular weight is 246 g/mol. The Labute approximate surface area is 104 Å². The van der Waals surface area contributed by atoms with Gasteiger partial charge in [-0.05, 0) is 31.0 Å². The molecular weight excluding hydrogens is 232 g/mol. The van der Waals surface area contributed by atoms with Crippen LogP contribution in [0.5, 0.6) is 0 Å². The van der Waals surface area contributed by atoms with Crippen LogP contribution >= 0.6 is 0 Å². The standard InChI is InChI=1S/C13H14N2O3/c16-12-7-9-2-1-5-15(9)11-4-3-8(13(17)18)6-10(11)14-12/h3-4,6,9H,1-2,5,7H2,(H,14,16)(H,17,18). The van der Waals surface area contributed by atoms with Gasteiger partial charge in [0, 0.05) is 19.0 Å². The Balaban J connectivity index is 2.07. The summed E-state index contributed by atoms with van der Waals surface area (Å²) in [4.78, 5) is 24.9. The van der Waals surface area contributed by atoms with Crippen LogP contribution in [0.3, 0.4) is 0 Å². The number of hydrogen-bond acceptors (Lipinski definition) is 3. The molecule has 0 spiro atoms. The van der Waals surface area contributed by atoms with E-state index in [1.165, 1.54) is 6.07 Å². The molecule has 94 valence electrons.